The van der Waals surface area contributed by atoms with Crippen LogP contribution in [0.3, 0.4) is 0 Å². The summed E-state index contributed by atoms with van der Waals surface area (Å²) in [5.41, 5.74) is 2.54. The van der Waals surface area contributed by atoms with Crippen molar-refractivity contribution in [1.29, 1.82) is 0 Å². The van der Waals surface area contributed by atoms with Crippen LogP contribution in [0, 0.1) is 0 Å². The SMILES string of the molecule is CC(=O)Nc1cccc(Nc2ccc(C(=O)Nc3ccc(Cl)cc3)cn2)c1. The van der Waals surface area contributed by atoms with Gasteiger partial charge in [0.2, 0.25) is 5.91 Å². The first-order valence-corrected chi connectivity index (χ1v) is 8.55. The molecule has 7 heteroatoms. The molecule has 3 rings (SSSR count). The molecule has 0 saturated heterocycles. The van der Waals surface area contributed by atoms with Crippen LogP contribution in [-0.4, -0.2) is 16.8 Å². The lowest BCUT2D eigenvalue weighted by Crippen LogP contribution is -2.12. The zero-order valence-electron chi connectivity index (χ0n) is 14.5. The standard InChI is InChI=1S/C20H17ClN4O2/c1-13(26)23-17-3-2-4-18(11-17)24-19-10-5-14(12-22-19)20(27)25-16-8-6-15(21)7-9-16/h2-12H,1H3,(H,22,24)(H,23,26)(H,25,27). The van der Waals surface area contributed by atoms with E-state index in [1.807, 2.05) is 12.1 Å². The van der Waals surface area contributed by atoms with Gasteiger partial charge in [-0.25, -0.2) is 4.98 Å². The van der Waals surface area contributed by atoms with Gasteiger partial charge >= 0.3 is 0 Å². The molecule has 0 bridgehead atoms. The summed E-state index contributed by atoms with van der Waals surface area (Å²) in [6, 6.07) is 17.5. The van der Waals surface area contributed by atoms with E-state index in [1.54, 1.807) is 48.5 Å². The molecule has 6 nitrogen and oxygen atoms in total. The molecule has 3 aromatic rings. The van der Waals surface area contributed by atoms with Gasteiger partial charge in [-0.05, 0) is 54.6 Å². The third kappa shape index (κ3) is 5.29. The molecule has 0 spiro atoms. The number of nitrogens with one attached hydrogen (secondary N) is 3. The predicted molar refractivity (Wildman–Crippen MR) is 108 cm³/mol. The average molecular weight is 381 g/mol. The summed E-state index contributed by atoms with van der Waals surface area (Å²) < 4.78 is 0. The lowest BCUT2D eigenvalue weighted by Gasteiger charge is -2.09. The second-order valence-corrected chi connectivity index (χ2v) is 6.22. The molecule has 0 fully saturated rings. The minimum atomic E-state index is -0.260. The van der Waals surface area contributed by atoms with Crippen LogP contribution in [-0.2, 0) is 4.79 Å². The summed E-state index contributed by atoms with van der Waals surface area (Å²) in [5.74, 6) is 0.184. The number of aromatic nitrogens is 1. The molecule has 27 heavy (non-hydrogen) atoms. The molecule has 0 aliphatic carbocycles. The molecule has 2 aromatic carbocycles. The normalized spacial score (nSPS) is 10.1. The van der Waals surface area contributed by atoms with E-state index in [-0.39, 0.29) is 11.8 Å². The fourth-order valence-electron chi connectivity index (χ4n) is 2.36. The molecule has 0 radical (unpaired) electrons. The summed E-state index contributed by atoms with van der Waals surface area (Å²) in [4.78, 5) is 27.7. The van der Waals surface area contributed by atoms with Gasteiger partial charge < -0.3 is 16.0 Å². The van der Waals surface area contributed by atoms with Gasteiger partial charge in [0.25, 0.3) is 5.91 Å². The Morgan fingerprint density at radius 3 is 2.30 bits per heavy atom. The summed E-state index contributed by atoms with van der Waals surface area (Å²) in [7, 11) is 0. The van der Waals surface area contributed by atoms with Crippen molar-refractivity contribution >= 4 is 46.3 Å². The maximum absolute atomic E-state index is 12.3. The number of hydrogen-bond acceptors (Lipinski definition) is 4. The zero-order chi connectivity index (χ0) is 19.2. The first-order chi connectivity index (χ1) is 13.0. The molecule has 1 heterocycles. The molecule has 0 atom stereocenters. The Labute approximate surface area is 161 Å². The number of hydrogen-bond donors (Lipinski definition) is 3. The molecule has 0 aliphatic rings. The highest BCUT2D eigenvalue weighted by atomic mass is 35.5. The van der Waals surface area contributed by atoms with Gasteiger partial charge in [0.05, 0.1) is 5.56 Å². The lowest BCUT2D eigenvalue weighted by molar-refractivity contribution is -0.114. The second-order valence-electron chi connectivity index (χ2n) is 5.78. The zero-order valence-corrected chi connectivity index (χ0v) is 15.2. The quantitative estimate of drug-likeness (QED) is 0.599. The van der Waals surface area contributed by atoms with Crippen molar-refractivity contribution in [1.82, 2.24) is 4.98 Å². The van der Waals surface area contributed by atoms with Gasteiger partial charge in [0.15, 0.2) is 0 Å². The van der Waals surface area contributed by atoms with Gasteiger partial charge in [-0.2, -0.15) is 0 Å². The van der Waals surface area contributed by atoms with E-state index in [9.17, 15) is 9.59 Å². The number of nitrogens with zero attached hydrogens (tertiary/aromatic N) is 1. The highest BCUT2D eigenvalue weighted by Crippen LogP contribution is 2.19. The Bertz CT molecular complexity index is 956. The summed E-state index contributed by atoms with van der Waals surface area (Å²) in [6.45, 7) is 1.45. The molecular weight excluding hydrogens is 364 g/mol. The monoisotopic (exact) mass is 380 g/mol. The van der Waals surface area contributed by atoms with Crippen molar-refractivity contribution in [3.63, 3.8) is 0 Å². The number of amides is 2. The number of pyridine rings is 1. The number of benzene rings is 2. The minimum Gasteiger partial charge on any atom is -0.340 e. The van der Waals surface area contributed by atoms with Crippen LogP contribution in [0.15, 0.2) is 66.9 Å². The van der Waals surface area contributed by atoms with Gasteiger partial charge in [-0.15, -0.1) is 0 Å². The summed E-state index contributed by atoms with van der Waals surface area (Å²) in [6.07, 6.45) is 1.49. The molecule has 0 saturated carbocycles. The van der Waals surface area contributed by atoms with Gasteiger partial charge in [0.1, 0.15) is 5.82 Å². The smallest absolute Gasteiger partial charge is 0.257 e. The largest absolute Gasteiger partial charge is 0.340 e. The van der Waals surface area contributed by atoms with Crippen molar-refractivity contribution in [2.24, 2.45) is 0 Å². The molecular formula is C20H17ClN4O2. The van der Waals surface area contributed by atoms with Crippen molar-refractivity contribution in [3.05, 3.63) is 77.4 Å². The Morgan fingerprint density at radius 2 is 1.63 bits per heavy atom. The fraction of sp³-hybridized carbons (Fsp3) is 0.0500. The van der Waals surface area contributed by atoms with Crippen LogP contribution in [0.1, 0.15) is 17.3 Å². The predicted octanol–water partition coefficient (Wildman–Crippen LogP) is 4.69. The highest BCUT2D eigenvalue weighted by Gasteiger charge is 2.07. The van der Waals surface area contributed by atoms with E-state index in [4.69, 9.17) is 11.6 Å². The van der Waals surface area contributed by atoms with Crippen LogP contribution in [0.25, 0.3) is 0 Å². The molecule has 0 unspecified atom stereocenters. The fourth-order valence-corrected chi connectivity index (χ4v) is 2.49. The molecule has 1 aromatic heterocycles. The molecule has 0 aliphatic heterocycles. The van der Waals surface area contributed by atoms with Gasteiger partial charge in [-0.1, -0.05) is 17.7 Å². The average Bonchev–Trinajstić information content (AvgIpc) is 2.64. The highest BCUT2D eigenvalue weighted by molar-refractivity contribution is 6.30. The maximum Gasteiger partial charge on any atom is 0.257 e. The molecule has 2 amide bonds. The van der Waals surface area contributed by atoms with E-state index in [1.165, 1.54) is 13.1 Å². The van der Waals surface area contributed by atoms with Gasteiger partial charge in [-0.3, -0.25) is 9.59 Å². The number of anilines is 4. The third-order valence-electron chi connectivity index (χ3n) is 3.58. The first kappa shape index (κ1) is 18.4. The van der Waals surface area contributed by atoms with E-state index < -0.39 is 0 Å². The van der Waals surface area contributed by atoms with Crippen LogP contribution < -0.4 is 16.0 Å². The second kappa shape index (κ2) is 8.33. The number of carbonyl (C=O) groups excluding carboxylic acids is 2. The Hall–Kier alpha value is -3.38. The summed E-state index contributed by atoms with van der Waals surface area (Å²) in [5, 5.41) is 9.24. The first-order valence-electron chi connectivity index (χ1n) is 8.17. The molecule has 136 valence electrons. The van der Waals surface area contributed by atoms with Crippen molar-refractivity contribution in [2.45, 2.75) is 6.92 Å². The number of halogens is 1. The van der Waals surface area contributed by atoms with Crippen LogP contribution in [0.4, 0.5) is 22.9 Å². The Kier molecular flexibility index (Phi) is 5.68. The van der Waals surface area contributed by atoms with Crippen molar-refractivity contribution < 1.29 is 9.59 Å². The minimum absolute atomic E-state index is 0.138. The third-order valence-corrected chi connectivity index (χ3v) is 3.84. The summed E-state index contributed by atoms with van der Waals surface area (Å²) >= 11 is 5.83. The molecule has 3 N–H and O–H groups in total. The lowest BCUT2D eigenvalue weighted by atomic mass is 10.2. The van der Waals surface area contributed by atoms with Crippen LogP contribution >= 0.6 is 11.6 Å². The van der Waals surface area contributed by atoms with Crippen molar-refractivity contribution in [3.8, 4) is 0 Å². The van der Waals surface area contributed by atoms with E-state index in [2.05, 4.69) is 20.9 Å². The van der Waals surface area contributed by atoms with Gasteiger partial charge in [0, 0.05) is 35.2 Å². The number of carbonyl (C=O) groups is 2. The maximum atomic E-state index is 12.3. The Balaban J connectivity index is 1.65. The van der Waals surface area contributed by atoms with Crippen LogP contribution in [0.2, 0.25) is 5.02 Å². The van der Waals surface area contributed by atoms with E-state index in [0.717, 1.165) is 5.69 Å². The van der Waals surface area contributed by atoms with E-state index in [0.29, 0.717) is 27.8 Å². The van der Waals surface area contributed by atoms with Crippen LogP contribution in [0.5, 0.6) is 0 Å². The Morgan fingerprint density at radius 1 is 0.889 bits per heavy atom. The topological polar surface area (TPSA) is 83.1 Å². The van der Waals surface area contributed by atoms with Crippen molar-refractivity contribution in [2.75, 3.05) is 16.0 Å². The van der Waals surface area contributed by atoms with E-state index >= 15 is 0 Å². The number of rotatable bonds is 5.